The second kappa shape index (κ2) is 6.87. The standard InChI is InChI=1S/C15H20ClNO4S/c1-10-7-13(16)3-4-14(10)21-11(2)15(18)17-8-12-5-6-22(19,20)9-12/h3-4,7,11-12H,5-6,8-9H2,1-2H3,(H,17,18)/t11-,12+/m0/s1. The van der Waals surface area contributed by atoms with Gasteiger partial charge >= 0.3 is 0 Å². The maximum absolute atomic E-state index is 12.0. The number of benzene rings is 1. The monoisotopic (exact) mass is 345 g/mol. The van der Waals surface area contributed by atoms with Gasteiger partial charge in [0.25, 0.3) is 5.91 Å². The van der Waals surface area contributed by atoms with Crippen molar-refractivity contribution in [2.75, 3.05) is 18.1 Å². The summed E-state index contributed by atoms with van der Waals surface area (Å²) < 4.78 is 28.4. The number of aryl methyl sites for hydroxylation is 1. The van der Waals surface area contributed by atoms with Crippen LogP contribution < -0.4 is 10.1 Å². The van der Waals surface area contributed by atoms with Crippen LogP contribution in [0.3, 0.4) is 0 Å². The summed E-state index contributed by atoms with van der Waals surface area (Å²) in [6, 6.07) is 5.20. The van der Waals surface area contributed by atoms with Crippen LogP contribution in [0.5, 0.6) is 5.75 Å². The molecule has 0 radical (unpaired) electrons. The van der Waals surface area contributed by atoms with Crippen LogP contribution in [-0.4, -0.2) is 38.5 Å². The second-order valence-corrected chi connectivity index (χ2v) is 8.35. The summed E-state index contributed by atoms with van der Waals surface area (Å²) in [6.07, 6.45) is -0.0494. The molecule has 0 saturated carbocycles. The lowest BCUT2D eigenvalue weighted by Gasteiger charge is -2.17. The van der Waals surface area contributed by atoms with Gasteiger partial charge in [-0.1, -0.05) is 11.6 Å². The molecular weight excluding hydrogens is 326 g/mol. The minimum absolute atomic E-state index is 0.00146. The molecule has 1 saturated heterocycles. The van der Waals surface area contributed by atoms with Gasteiger partial charge in [-0.3, -0.25) is 4.79 Å². The van der Waals surface area contributed by atoms with Crippen LogP contribution in [0.2, 0.25) is 5.02 Å². The van der Waals surface area contributed by atoms with Gasteiger partial charge in [0.05, 0.1) is 11.5 Å². The lowest BCUT2D eigenvalue weighted by molar-refractivity contribution is -0.127. The molecule has 1 fully saturated rings. The van der Waals surface area contributed by atoms with E-state index in [1.807, 2.05) is 6.92 Å². The van der Waals surface area contributed by atoms with Gasteiger partial charge in [0, 0.05) is 11.6 Å². The third-order valence-corrected chi connectivity index (χ3v) is 5.77. The number of hydrogen-bond acceptors (Lipinski definition) is 4. The molecule has 1 amide bonds. The van der Waals surface area contributed by atoms with Crippen molar-refractivity contribution in [2.24, 2.45) is 5.92 Å². The summed E-state index contributed by atoms with van der Waals surface area (Å²) in [5.41, 5.74) is 0.856. The summed E-state index contributed by atoms with van der Waals surface area (Å²) in [7, 11) is -2.92. The number of halogens is 1. The van der Waals surface area contributed by atoms with Crippen LogP contribution >= 0.6 is 11.6 Å². The average molecular weight is 346 g/mol. The highest BCUT2D eigenvalue weighted by Crippen LogP contribution is 2.23. The highest BCUT2D eigenvalue weighted by Gasteiger charge is 2.28. The van der Waals surface area contributed by atoms with E-state index in [-0.39, 0.29) is 23.3 Å². The van der Waals surface area contributed by atoms with Crippen molar-refractivity contribution in [3.05, 3.63) is 28.8 Å². The number of sulfone groups is 1. The predicted molar refractivity (Wildman–Crippen MR) is 86.0 cm³/mol. The average Bonchev–Trinajstić information content (AvgIpc) is 2.78. The Morgan fingerprint density at radius 1 is 1.50 bits per heavy atom. The molecule has 1 heterocycles. The van der Waals surface area contributed by atoms with Gasteiger partial charge in [0.1, 0.15) is 5.75 Å². The summed E-state index contributed by atoms with van der Waals surface area (Å²) in [4.78, 5) is 12.0. The molecule has 1 aromatic rings. The van der Waals surface area contributed by atoms with E-state index in [0.29, 0.717) is 23.7 Å². The molecule has 1 aliphatic heterocycles. The number of carbonyl (C=O) groups is 1. The first kappa shape index (κ1) is 17.1. The number of amides is 1. The Hall–Kier alpha value is -1.27. The summed E-state index contributed by atoms with van der Waals surface area (Å²) in [5.74, 6) is 0.718. The fraction of sp³-hybridized carbons (Fsp3) is 0.533. The normalized spacial score (nSPS) is 21.3. The second-order valence-electron chi connectivity index (χ2n) is 5.68. The van der Waals surface area contributed by atoms with E-state index in [4.69, 9.17) is 16.3 Å². The van der Waals surface area contributed by atoms with Crippen molar-refractivity contribution in [2.45, 2.75) is 26.4 Å². The molecular formula is C15H20ClNO4S. The summed E-state index contributed by atoms with van der Waals surface area (Å²) in [6.45, 7) is 3.88. The maximum Gasteiger partial charge on any atom is 0.260 e. The predicted octanol–water partition coefficient (Wildman–Crippen LogP) is 1.97. The van der Waals surface area contributed by atoms with Crippen LogP contribution in [0.1, 0.15) is 18.9 Å². The van der Waals surface area contributed by atoms with Crippen molar-refractivity contribution >= 4 is 27.3 Å². The molecule has 0 bridgehead atoms. The minimum atomic E-state index is -2.92. The first-order valence-corrected chi connectivity index (χ1v) is 9.38. The maximum atomic E-state index is 12.0. The first-order chi connectivity index (χ1) is 10.3. The number of hydrogen-bond donors (Lipinski definition) is 1. The number of rotatable bonds is 5. The van der Waals surface area contributed by atoms with Crippen LogP contribution in [0.25, 0.3) is 0 Å². The summed E-state index contributed by atoms with van der Waals surface area (Å²) >= 11 is 5.88. The number of carbonyl (C=O) groups excluding carboxylic acids is 1. The van der Waals surface area contributed by atoms with Crippen LogP contribution in [0, 0.1) is 12.8 Å². The Kier molecular flexibility index (Phi) is 5.34. The van der Waals surface area contributed by atoms with Gasteiger partial charge in [-0.25, -0.2) is 8.42 Å². The van der Waals surface area contributed by atoms with E-state index in [1.54, 1.807) is 25.1 Å². The lowest BCUT2D eigenvalue weighted by Crippen LogP contribution is -2.39. The van der Waals surface area contributed by atoms with Crippen LogP contribution in [0.15, 0.2) is 18.2 Å². The van der Waals surface area contributed by atoms with Gasteiger partial charge in [-0.2, -0.15) is 0 Å². The fourth-order valence-corrected chi connectivity index (χ4v) is 4.50. The molecule has 1 aliphatic rings. The molecule has 1 aromatic carbocycles. The minimum Gasteiger partial charge on any atom is -0.481 e. The fourth-order valence-electron chi connectivity index (χ4n) is 2.41. The van der Waals surface area contributed by atoms with E-state index < -0.39 is 15.9 Å². The Labute approximate surface area is 135 Å². The van der Waals surface area contributed by atoms with E-state index >= 15 is 0 Å². The molecule has 122 valence electrons. The Bertz CT molecular complexity index is 660. The lowest BCUT2D eigenvalue weighted by atomic mass is 10.1. The van der Waals surface area contributed by atoms with Crippen LogP contribution in [0.4, 0.5) is 0 Å². The highest BCUT2D eigenvalue weighted by atomic mass is 35.5. The zero-order valence-electron chi connectivity index (χ0n) is 12.6. The van der Waals surface area contributed by atoms with Gasteiger partial charge in [-0.05, 0) is 49.9 Å². The molecule has 0 spiro atoms. The van der Waals surface area contributed by atoms with Crippen molar-refractivity contribution in [1.29, 1.82) is 0 Å². The van der Waals surface area contributed by atoms with Crippen molar-refractivity contribution in [3.63, 3.8) is 0 Å². The van der Waals surface area contributed by atoms with E-state index in [9.17, 15) is 13.2 Å². The van der Waals surface area contributed by atoms with E-state index in [2.05, 4.69) is 5.32 Å². The molecule has 0 unspecified atom stereocenters. The van der Waals surface area contributed by atoms with Crippen molar-refractivity contribution in [3.8, 4) is 5.75 Å². The Balaban J connectivity index is 1.84. The van der Waals surface area contributed by atoms with Gasteiger partial charge in [0.15, 0.2) is 15.9 Å². The van der Waals surface area contributed by atoms with Crippen molar-refractivity contribution in [1.82, 2.24) is 5.32 Å². The molecule has 1 N–H and O–H groups in total. The smallest absolute Gasteiger partial charge is 0.260 e. The zero-order valence-corrected chi connectivity index (χ0v) is 14.2. The molecule has 7 heteroatoms. The highest BCUT2D eigenvalue weighted by molar-refractivity contribution is 7.91. The number of ether oxygens (including phenoxy) is 1. The quantitative estimate of drug-likeness (QED) is 0.885. The van der Waals surface area contributed by atoms with E-state index in [1.165, 1.54) is 0 Å². The van der Waals surface area contributed by atoms with E-state index in [0.717, 1.165) is 5.56 Å². The molecule has 22 heavy (non-hydrogen) atoms. The molecule has 0 aliphatic carbocycles. The third-order valence-electron chi connectivity index (χ3n) is 3.70. The SMILES string of the molecule is Cc1cc(Cl)ccc1O[C@@H](C)C(=O)NC[C@H]1CCS(=O)(=O)C1. The topological polar surface area (TPSA) is 72.5 Å². The number of nitrogens with one attached hydrogen (secondary N) is 1. The molecule has 5 nitrogen and oxygen atoms in total. The van der Waals surface area contributed by atoms with Gasteiger partial charge < -0.3 is 10.1 Å². The molecule has 2 atom stereocenters. The molecule has 2 rings (SSSR count). The van der Waals surface area contributed by atoms with Gasteiger partial charge in [-0.15, -0.1) is 0 Å². The zero-order chi connectivity index (χ0) is 16.3. The van der Waals surface area contributed by atoms with Crippen molar-refractivity contribution < 1.29 is 17.9 Å². The van der Waals surface area contributed by atoms with Crippen LogP contribution in [-0.2, 0) is 14.6 Å². The first-order valence-electron chi connectivity index (χ1n) is 7.18. The summed E-state index contributed by atoms with van der Waals surface area (Å²) in [5, 5.41) is 3.37. The molecule has 0 aromatic heterocycles. The Morgan fingerprint density at radius 2 is 2.23 bits per heavy atom. The third kappa shape index (κ3) is 4.61. The largest absolute Gasteiger partial charge is 0.481 e. The van der Waals surface area contributed by atoms with Gasteiger partial charge in [0.2, 0.25) is 0 Å². The Morgan fingerprint density at radius 3 is 2.82 bits per heavy atom.